The fourth-order valence-corrected chi connectivity index (χ4v) is 2.83. The van der Waals surface area contributed by atoms with Crippen molar-refractivity contribution in [3.05, 3.63) is 0 Å². The number of piperidine rings is 1. The summed E-state index contributed by atoms with van der Waals surface area (Å²) in [6.07, 6.45) is 4.16. The van der Waals surface area contributed by atoms with Gasteiger partial charge in [-0.25, -0.2) is 0 Å². The highest BCUT2D eigenvalue weighted by Gasteiger charge is 2.32. The molecular formula is C12H24N2. The first-order valence-electron chi connectivity index (χ1n) is 6.25. The van der Waals surface area contributed by atoms with Crippen LogP contribution in [0.3, 0.4) is 0 Å². The number of nitrogens with zero attached hydrogens (tertiary/aromatic N) is 1. The summed E-state index contributed by atoms with van der Waals surface area (Å²) in [5.41, 5.74) is 0. The quantitative estimate of drug-likeness (QED) is 0.739. The van der Waals surface area contributed by atoms with E-state index in [-0.39, 0.29) is 0 Å². The predicted molar refractivity (Wildman–Crippen MR) is 60.4 cm³/mol. The summed E-state index contributed by atoms with van der Waals surface area (Å²) in [6.45, 7) is 9.87. The average Bonchev–Trinajstić information content (AvgIpc) is 2.64. The fraction of sp³-hybridized carbons (Fsp3) is 1.00. The molecule has 1 N–H and O–H groups in total. The summed E-state index contributed by atoms with van der Waals surface area (Å²) < 4.78 is 0. The molecule has 0 saturated carbocycles. The van der Waals surface area contributed by atoms with Crippen LogP contribution in [0.15, 0.2) is 0 Å². The lowest BCUT2D eigenvalue weighted by Gasteiger charge is -2.36. The fourth-order valence-electron chi connectivity index (χ4n) is 2.83. The number of rotatable bonds is 3. The van der Waals surface area contributed by atoms with Gasteiger partial charge in [0.15, 0.2) is 0 Å². The molecule has 0 aromatic rings. The Morgan fingerprint density at radius 2 is 2.29 bits per heavy atom. The zero-order valence-corrected chi connectivity index (χ0v) is 9.63. The normalized spacial score (nSPS) is 35.6. The molecule has 0 aromatic carbocycles. The van der Waals surface area contributed by atoms with Crippen LogP contribution in [-0.2, 0) is 0 Å². The van der Waals surface area contributed by atoms with Crippen LogP contribution in [-0.4, -0.2) is 37.1 Å². The third-order valence-electron chi connectivity index (χ3n) is 4.03. The van der Waals surface area contributed by atoms with E-state index in [9.17, 15) is 0 Å². The Balaban J connectivity index is 1.79. The van der Waals surface area contributed by atoms with Crippen molar-refractivity contribution in [2.45, 2.75) is 39.2 Å². The van der Waals surface area contributed by atoms with Crippen LogP contribution in [0, 0.1) is 11.8 Å². The van der Waals surface area contributed by atoms with Gasteiger partial charge >= 0.3 is 0 Å². The summed E-state index contributed by atoms with van der Waals surface area (Å²) in [5.74, 6) is 1.86. The molecule has 0 amide bonds. The van der Waals surface area contributed by atoms with Crippen LogP contribution < -0.4 is 5.32 Å². The Kier molecular flexibility index (Phi) is 3.45. The van der Waals surface area contributed by atoms with Crippen LogP contribution in [0.25, 0.3) is 0 Å². The average molecular weight is 196 g/mol. The second-order valence-corrected chi connectivity index (χ2v) is 5.17. The van der Waals surface area contributed by atoms with Crippen molar-refractivity contribution >= 4 is 0 Å². The van der Waals surface area contributed by atoms with Crippen molar-refractivity contribution < 1.29 is 0 Å². The standard InChI is InChI=1S/C12H24N2/c1-3-10(2)8-14-7-5-11-4-6-13-12(11)9-14/h10-13H,3-9H2,1-2H3. The second-order valence-electron chi connectivity index (χ2n) is 5.17. The van der Waals surface area contributed by atoms with E-state index in [0.29, 0.717) is 0 Å². The predicted octanol–water partition coefficient (Wildman–Crippen LogP) is 1.72. The molecule has 2 aliphatic heterocycles. The third-order valence-corrected chi connectivity index (χ3v) is 4.03. The van der Waals surface area contributed by atoms with E-state index >= 15 is 0 Å². The van der Waals surface area contributed by atoms with Gasteiger partial charge in [0.25, 0.3) is 0 Å². The number of nitrogens with one attached hydrogen (secondary N) is 1. The van der Waals surface area contributed by atoms with Gasteiger partial charge in [0.05, 0.1) is 0 Å². The summed E-state index contributed by atoms with van der Waals surface area (Å²) in [4.78, 5) is 2.66. The minimum absolute atomic E-state index is 0.813. The molecule has 2 aliphatic rings. The Bertz CT molecular complexity index is 181. The molecule has 0 aromatic heterocycles. The van der Waals surface area contributed by atoms with Crippen molar-refractivity contribution in [1.82, 2.24) is 10.2 Å². The lowest BCUT2D eigenvalue weighted by atomic mass is 9.92. The molecule has 14 heavy (non-hydrogen) atoms. The van der Waals surface area contributed by atoms with Crippen LogP contribution >= 0.6 is 0 Å². The Morgan fingerprint density at radius 1 is 1.43 bits per heavy atom. The van der Waals surface area contributed by atoms with E-state index in [1.165, 1.54) is 45.4 Å². The summed E-state index contributed by atoms with van der Waals surface area (Å²) in [5, 5.41) is 3.64. The van der Waals surface area contributed by atoms with Gasteiger partial charge in [-0.1, -0.05) is 20.3 Å². The Morgan fingerprint density at radius 3 is 3.07 bits per heavy atom. The monoisotopic (exact) mass is 196 g/mol. The van der Waals surface area contributed by atoms with E-state index in [2.05, 4.69) is 24.1 Å². The molecular weight excluding hydrogens is 172 g/mol. The number of hydrogen-bond donors (Lipinski definition) is 1. The third kappa shape index (κ3) is 2.29. The number of likely N-dealkylation sites (tertiary alicyclic amines) is 1. The molecule has 0 aliphatic carbocycles. The van der Waals surface area contributed by atoms with Gasteiger partial charge in [-0.15, -0.1) is 0 Å². The maximum atomic E-state index is 3.64. The van der Waals surface area contributed by atoms with Gasteiger partial charge in [0.2, 0.25) is 0 Å². The maximum Gasteiger partial charge on any atom is 0.0224 e. The van der Waals surface area contributed by atoms with E-state index in [1.807, 2.05) is 0 Å². The van der Waals surface area contributed by atoms with Gasteiger partial charge in [-0.05, 0) is 37.8 Å². The topological polar surface area (TPSA) is 15.3 Å². The number of hydrogen-bond acceptors (Lipinski definition) is 2. The first-order chi connectivity index (χ1) is 6.79. The molecule has 2 saturated heterocycles. The highest BCUT2D eigenvalue weighted by molar-refractivity contribution is 4.90. The molecule has 2 heterocycles. The van der Waals surface area contributed by atoms with Gasteiger partial charge in [-0.2, -0.15) is 0 Å². The maximum absolute atomic E-state index is 3.64. The molecule has 3 atom stereocenters. The van der Waals surface area contributed by atoms with Crippen LogP contribution in [0.1, 0.15) is 33.1 Å². The lowest BCUT2D eigenvalue weighted by molar-refractivity contribution is 0.147. The minimum atomic E-state index is 0.813. The van der Waals surface area contributed by atoms with Crippen molar-refractivity contribution in [3.63, 3.8) is 0 Å². The second kappa shape index (κ2) is 4.63. The highest BCUT2D eigenvalue weighted by atomic mass is 15.2. The van der Waals surface area contributed by atoms with E-state index in [1.54, 1.807) is 0 Å². The molecule has 0 radical (unpaired) electrons. The largest absolute Gasteiger partial charge is 0.312 e. The first-order valence-corrected chi connectivity index (χ1v) is 6.25. The van der Waals surface area contributed by atoms with Crippen molar-refractivity contribution in [3.8, 4) is 0 Å². The first kappa shape index (κ1) is 10.4. The van der Waals surface area contributed by atoms with Gasteiger partial charge < -0.3 is 10.2 Å². The Labute approximate surface area is 88.1 Å². The summed E-state index contributed by atoms with van der Waals surface area (Å²) in [7, 11) is 0. The van der Waals surface area contributed by atoms with E-state index < -0.39 is 0 Å². The molecule has 2 nitrogen and oxygen atoms in total. The van der Waals surface area contributed by atoms with Crippen LogP contribution in [0.5, 0.6) is 0 Å². The zero-order chi connectivity index (χ0) is 9.97. The number of fused-ring (bicyclic) bond motifs is 1. The van der Waals surface area contributed by atoms with Crippen molar-refractivity contribution in [2.75, 3.05) is 26.2 Å². The highest BCUT2D eigenvalue weighted by Crippen LogP contribution is 2.25. The van der Waals surface area contributed by atoms with Gasteiger partial charge in [0.1, 0.15) is 0 Å². The lowest BCUT2D eigenvalue weighted by Crippen LogP contribution is -2.47. The van der Waals surface area contributed by atoms with E-state index in [4.69, 9.17) is 0 Å². The molecule has 2 rings (SSSR count). The molecule has 0 spiro atoms. The minimum Gasteiger partial charge on any atom is -0.312 e. The van der Waals surface area contributed by atoms with Crippen LogP contribution in [0.2, 0.25) is 0 Å². The summed E-state index contributed by atoms with van der Waals surface area (Å²) >= 11 is 0. The van der Waals surface area contributed by atoms with E-state index in [0.717, 1.165) is 17.9 Å². The van der Waals surface area contributed by atoms with Crippen molar-refractivity contribution in [2.24, 2.45) is 11.8 Å². The molecule has 2 heteroatoms. The Hall–Kier alpha value is -0.0800. The van der Waals surface area contributed by atoms with Crippen molar-refractivity contribution in [1.29, 1.82) is 0 Å². The van der Waals surface area contributed by atoms with Gasteiger partial charge in [-0.3, -0.25) is 0 Å². The SMILES string of the molecule is CCC(C)CN1CCC2CCNC2C1. The molecule has 2 fully saturated rings. The summed E-state index contributed by atoms with van der Waals surface area (Å²) in [6, 6.07) is 0.813. The zero-order valence-electron chi connectivity index (χ0n) is 9.63. The molecule has 3 unspecified atom stereocenters. The smallest absolute Gasteiger partial charge is 0.0224 e. The molecule has 82 valence electrons. The van der Waals surface area contributed by atoms with Crippen LogP contribution in [0.4, 0.5) is 0 Å². The van der Waals surface area contributed by atoms with Gasteiger partial charge in [0, 0.05) is 19.1 Å². The molecule has 0 bridgehead atoms.